The molecule has 0 atom stereocenters. The predicted molar refractivity (Wildman–Crippen MR) is 133 cm³/mol. The third-order valence-corrected chi connectivity index (χ3v) is 7.48. The van der Waals surface area contributed by atoms with Crippen molar-refractivity contribution in [3.63, 3.8) is 0 Å². The first-order chi connectivity index (χ1) is 18.3. The van der Waals surface area contributed by atoms with E-state index in [1.807, 2.05) is 35.7 Å². The van der Waals surface area contributed by atoms with Gasteiger partial charge in [-0.1, -0.05) is 35.5 Å². The quantitative estimate of drug-likeness (QED) is 0.334. The standard InChI is InChI=1S/C26H23F3N4O4S/c1-35-19-12-17(21-32-23(37-33-21)26(27,28)29)11-18(13-19)22(34)30-15-25(7-9-36-10-8-25)24-31-20(14-38-24)16-5-3-2-4-6-16/h2-6,11-14H,7-10,15H2,1H3,(H,30,34). The Labute approximate surface area is 219 Å². The number of thiazole rings is 1. The molecule has 198 valence electrons. The van der Waals surface area contributed by atoms with Gasteiger partial charge in [0.25, 0.3) is 5.91 Å². The molecule has 1 N–H and O–H groups in total. The van der Waals surface area contributed by atoms with E-state index in [-0.39, 0.29) is 22.7 Å². The molecule has 12 heteroatoms. The molecule has 0 saturated carbocycles. The molecule has 2 aromatic heterocycles. The van der Waals surface area contributed by atoms with Gasteiger partial charge in [-0.2, -0.15) is 18.2 Å². The van der Waals surface area contributed by atoms with Crippen molar-refractivity contribution in [2.45, 2.75) is 24.4 Å². The van der Waals surface area contributed by atoms with Gasteiger partial charge in [-0.05, 0) is 31.0 Å². The number of aromatic nitrogens is 3. The number of benzene rings is 2. The van der Waals surface area contributed by atoms with Crippen LogP contribution < -0.4 is 10.1 Å². The Morgan fingerprint density at radius 2 is 1.87 bits per heavy atom. The van der Waals surface area contributed by atoms with Crippen LogP contribution >= 0.6 is 11.3 Å². The van der Waals surface area contributed by atoms with Crippen molar-refractivity contribution >= 4 is 17.2 Å². The van der Waals surface area contributed by atoms with Crippen LogP contribution in [-0.4, -0.2) is 47.9 Å². The molecular formula is C26H23F3N4O4S. The van der Waals surface area contributed by atoms with Crippen LogP contribution in [0.4, 0.5) is 13.2 Å². The largest absolute Gasteiger partial charge is 0.497 e. The summed E-state index contributed by atoms with van der Waals surface area (Å²) in [6.45, 7) is 1.39. The zero-order chi connectivity index (χ0) is 26.8. The Morgan fingerprint density at radius 3 is 2.55 bits per heavy atom. The summed E-state index contributed by atoms with van der Waals surface area (Å²) in [5.74, 6) is -1.93. The van der Waals surface area contributed by atoms with E-state index in [0.29, 0.717) is 32.6 Å². The van der Waals surface area contributed by atoms with Crippen LogP contribution in [0.3, 0.4) is 0 Å². The van der Waals surface area contributed by atoms with Crippen molar-refractivity contribution < 1.29 is 32.0 Å². The van der Waals surface area contributed by atoms with Crippen LogP contribution in [0.2, 0.25) is 0 Å². The first-order valence-electron chi connectivity index (χ1n) is 11.8. The summed E-state index contributed by atoms with van der Waals surface area (Å²) < 4.78 is 54.0. The van der Waals surface area contributed by atoms with Crippen molar-refractivity contribution in [1.82, 2.24) is 20.4 Å². The van der Waals surface area contributed by atoms with Crippen molar-refractivity contribution in [1.29, 1.82) is 0 Å². The molecule has 5 rings (SSSR count). The SMILES string of the molecule is COc1cc(C(=O)NCC2(c3nc(-c4ccccc4)cs3)CCOCC2)cc(-c2noc(C(F)(F)F)n2)c1. The molecule has 0 radical (unpaired) electrons. The molecule has 1 aliphatic heterocycles. The third kappa shape index (κ3) is 5.41. The number of carbonyl (C=O) groups is 1. The number of nitrogens with zero attached hydrogens (tertiary/aromatic N) is 3. The Balaban J connectivity index is 1.38. The maximum Gasteiger partial charge on any atom is 0.471 e. The van der Waals surface area contributed by atoms with Crippen LogP contribution in [0.5, 0.6) is 5.75 Å². The van der Waals surface area contributed by atoms with Crippen LogP contribution in [0.1, 0.15) is 34.1 Å². The number of halogens is 3. The smallest absolute Gasteiger partial charge is 0.471 e. The average molecular weight is 545 g/mol. The molecule has 3 heterocycles. The minimum atomic E-state index is -4.78. The van der Waals surface area contributed by atoms with E-state index in [1.165, 1.54) is 25.3 Å². The highest BCUT2D eigenvalue weighted by atomic mass is 32.1. The first kappa shape index (κ1) is 25.9. The number of methoxy groups -OCH3 is 1. The fourth-order valence-electron chi connectivity index (χ4n) is 4.27. The molecule has 8 nitrogen and oxygen atoms in total. The van der Waals surface area contributed by atoms with Gasteiger partial charge >= 0.3 is 12.1 Å². The van der Waals surface area contributed by atoms with Gasteiger partial charge in [-0.25, -0.2) is 4.98 Å². The summed E-state index contributed by atoms with van der Waals surface area (Å²) in [7, 11) is 1.39. The van der Waals surface area contributed by atoms with Gasteiger partial charge in [0, 0.05) is 47.2 Å². The highest BCUT2D eigenvalue weighted by Gasteiger charge is 2.39. The first-order valence-corrected chi connectivity index (χ1v) is 12.6. The average Bonchev–Trinajstić information content (AvgIpc) is 3.64. The molecule has 1 amide bonds. The van der Waals surface area contributed by atoms with E-state index < -0.39 is 23.4 Å². The number of carbonyl (C=O) groups excluding carboxylic acids is 1. The second-order valence-electron chi connectivity index (χ2n) is 8.85. The monoisotopic (exact) mass is 544 g/mol. The van der Waals surface area contributed by atoms with Crippen molar-refractivity contribution in [3.05, 3.63) is 70.4 Å². The molecule has 0 bridgehead atoms. The second kappa shape index (κ2) is 10.5. The maximum absolute atomic E-state index is 13.2. The highest BCUT2D eigenvalue weighted by molar-refractivity contribution is 7.10. The number of hydrogen-bond donors (Lipinski definition) is 1. The minimum Gasteiger partial charge on any atom is -0.497 e. The zero-order valence-electron chi connectivity index (χ0n) is 20.2. The zero-order valence-corrected chi connectivity index (χ0v) is 21.1. The fraction of sp³-hybridized carbons (Fsp3) is 0.308. The number of rotatable bonds is 7. The summed E-state index contributed by atoms with van der Waals surface area (Å²) >= 11 is 1.55. The third-order valence-electron chi connectivity index (χ3n) is 6.40. The van der Waals surface area contributed by atoms with E-state index >= 15 is 0 Å². The summed E-state index contributed by atoms with van der Waals surface area (Å²) in [6.07, 6.45) is -3.42. The van der Waals surface area contributed by atoms with Gasteiger partial charge in [0.2, 0.25) is 5.82 Å². The Kier molecular flexibility index (Phi) is 7.17. The van der Waals surface area contributed by atoms with E-state index in [2.05, 4.69) is 20.0 Å². The van der Waals surface area contributed by atoms with Crippen LogP contribution in [0, 0.1) is 0 Å². The number of amides is 1. The number of hydrogen-bond acceptors (Lipinski definition) is 8. The van der Waals surface area contributed by atoms with Gasteiger partial charge < -0.3 is 19.3 Å². The molecular weight excluding hydrogens is 521 g/mol. The molecule has 0 aliphatic carbocycles. The number of nitrogens with one attached hydrogen (secondary N) is 1. The molecule has 4 aromatic rings. The summed E-state index contributed by atoms with van der Waals surface area (Å²) in [4.78, 5) is 21.6. The lowest BCUT2D eigenvalue weighted by Gasteiger charge is -2.35. The highest BCUT2D eigenvalue weighted by Crippen LogP contribution is 2.38. The van der Waals surface area contributed by atoms with Gasteiger partial charge in [-0.3, -0.25) is 4.79 Å². The topological polar surface area (TPSA) is 99.4 Å². The normalized spacial score (nSPS) is 15.3. The number of alkyl halides is 3. The Bertz CT molecular complexity index is 1420. The number of ether oxygens (including phenoxy) is 2. The fourth-order valence-corrected chi connectivity index (χ4v) is 5.36. The lowest BCUT2D eigenvalue weighted by Crippen LogP contribution is -2.44. The van der Waals surface area contributed by atoms with E-state index in [9.17, 15) is 18.0 Å². The van der Waals surface area contributed by atoms with Crippen LogP contribution in [-0.2, 0) is 16.3 Å². The van der Waals surface area contributed by atoms with Crippen molar-refractivity contribution in [2.24, 2.45) is 0 Å². The molecule has 1 saturated heterocycles. The molecule has 38 heavy (non-hydrogen) atoms. The van der Waals surface area contributed by atoms with E-state index in [1.54, 1.807) is 11.3 Å². The van der Waals surface area contributed by atoms with Crippen molar-refractivity contribution in [3.8, 4) is 28.4 Å². The molecule has 1 aliphatic rings. The Hall–Kier alpha value is -3.77. The summed E-state index contributed by atoms with van der Waals surface area (Å²) in [6, 6.07) is 14.2. The second-order valence-corrected chi connectivity index (χ2v) is 9.71. The van der Waals surface area contributed by atoms with Crippen molar-refractivity contribution in [2.75, 3.05) is 26.9 Å². The van der Waals surface area contributed by atoms with E-state index in [0.717, 1.165) is 16.3 Å². The van der Waals surface area contributed by atoms with Gasteiger partial charge in [0.15, 0.2) is 0 Å². The van der Waals surface area contributed by atoms with Gasteiger partial charge in [-0.15, -0.1) is 11.3 Å². The lowest BCUT2D eigenvalue weighted by atomic mass is 9.80. The molecule has 0 unspecified atom stereocenters. The van der Waals surface area contributed by atoms with Gasteiger partial charge in [0.1, 0.15) is 10.8 Å². The van der Waals surface area contributed by atoms with E-state index in [4.69, 9.17) is 14.5 Å². The summed E-state index contributed by atoms with van der Waals surface area (Å²) in [5.41, 5.74) is 1.81. The van der Waals surface area contributed by atoms with Crippen LogP contribution in [0.25, 0.3) is 22.6 Å². The van der Waals surface area contributed by atoms with Crippen LogP contribution in [0.15, 0.2) is 58.4 Å². The lowest BCUT2D eigenvalue weighted by molar-refractivity contribution is -0.159. The predicted octanol–water partition coefficient (Wildman–Crippen LogP) is 5.37. The Morgan fingerprint density at radius 1 is 1.11 bits per heavy atom. The maximum atomic E-state index is 13.2. The minimum absolute atomic E-state index is 0.155. The van der Waals surface area contributed by atoms with Gasteiger partial charge in [0.05, 0.1) is 12.8 Å². The summed E-state index contributed by atoms with van der Waals surface area (Å²) in [5, 5.41) is 9.33. The molecule has 1 fully saturated rings. The molecule has 0 spiro atoms. The molecule has 2 aromatic carbocycles.